The van der Waals surface area contributed by atoms with Gasteiger partial charge in [0.1, 0.15) is 11.6 Å². The molecule has 0 aliphatic rings. The first-order valence-corrected chi connectivity index (χ1v) is 9.58. The van der Waals surface area contributed by atoms with Crippen LogP contribution in [0, 0.1) is 0 Å². The van der Waals surface area contributed by atoms with Crippen LogP contribution in [0.3, 0.4) is 0 Å². The quantitative estimate of drug-likeness (QED) is 0.374. The van der Waals surface area contributed by atoms with Crippen molar-refractivity contribution in [3.05, 3.63) is 72.9 Å². The molecule has 7 heteroatoms. The highest BCUT2D eigenvalue weighted by atomic mass is 16.6. The number of aliphatic hydroxyl groups is 1. The van der Waals surface area contributed by atoms with E-state index in [9.17, 15) is 5.11 Å². The number of benzene rings is 3. The predicted molar refractivity (Wildman–Crippen MR) is 117 cm³/mol. The minimum Gasteiger partial charge on any atom is -0.465 e. The lowest BCUT2D eigenvalue weighted by molar-refractivity contribution is -0.000255. The monoisotopic (exact) mass is 397 g/mol. The van der Waals surface area contributed by atoms with Crippen molar-refractivity contribution in [2.75, 3.05) is 5.32 Å². The first-order chi connectivity index (χ1) is 14.7. The number of para-hydroxylation sites is 1. The summed E-state index contributed by atoms with van der Waals surface area (Å²) in [5.74, 6) is 1.83. The number of anilines is 2. The molecule has 0 saturated heterocycles. The molecule has 3 N–H and O–H groups in total. The summed E-state index contributed by atoms with van der Waals surface area (Å²) in [4.78, 5) is 9.52. The van der Waals surface area contributed by atoms with Crippen LogP contribution in [0.1, 0.15) is 6.92 Å². The largest absolute Gasteiger partial charge is 0.465 e. The lowest BCUT2D eigenvalue weighted by atomic mass is 10.1. The van der Waals surface area contributed by atoms with Gasteiger partial charge in [0.25, 0.3) is 0 Å². The summed E-state index contributed by atoms with van der Waals surface area (Å²) in [6.07, 6.45) is 0.894. The average molecular weight is 397 g/mol. The zero-order valence-corrected chi connectivity index (χ0v) is 16.2. The van der Waals surface area contributed by atoms with E-state index in [-0.39, 0.29) is 0 Å². The van der Waals surface area contributed by atoms with Gasteiger partial charge in [0.2, 0.25) is 0 Å². The standard InChI is InChI=1S/C23H19N5O2/c1-14(29)30-18-6-4-5-15(12-18)22-26-21-8-3-2-7-19(21)23(27-22)25-17-9-10-20-16(11-17)13-24-28-20/h2-14,29H,1H3,(H,24,28)(H,25,26,27). The summed E-state index contributed by atoms with van der Waals surface area (Å²) in [5.41, 5.74) is 3.51. The van der Waals surface area contributed by atoms with Crippen molar-refractivity contribution in [2.45, 2.75) is 13.2 Å². The fourth-order valence-corrected chi connectivity index (χ4v) is 3.36. The molecule has 0 radical (unpaired) electrons. The molecule has 3 aromatic carbocycles. The SMILES string of the molecule is CC(O)Oc1cccc(-c2nc(Nc3ccc4[nH]ncc4c3)c3ccccc3n2)c1. The van der Waals surface area contributed by atoms with Gasteiger partial charge in [-0.05, 0) is 49.4 Å². The number of aliphatic hydroxyl groups excluding tert-OH is 1. The zero-order chi connectivity index (χ0) is 20.5. The Morgan fingerprint density at radius 3 is 2.80 bits per heavy atom. The molecule has 2 heterocycles. The molecule has 7 nitrogen and oxygen atoms in total. The van der Waals surface area contributed by atoms with Crippen LogP contribution < -0.4 is 10.1 Å². The molecule has 30 heavy (non-hydrogen) atoms. The minimum atomic E-state index is -0.896. The van der Waals surface area contributed by atoms with Crippen molar-refractivity contribution in [1.82, 2.24) is 20.2 Å². The van der Waals surface area contributed by atoms with Gasteiger partial charge in [-0.1, -0.05) is 24.3 Å². The van der Waals surface area contributed by atoms with Gasteiger partial charge < -0.3 is 15.2 Å². The Labute approximate surface area is 172 Å². The number of aromatic nitrogens is 4. The number of ether oxygens (including phenoxy) is 1. The molecule has 5 rings (SSSR count). The van der Waals surface area contributed by atoms with Gasteiger partial charge in [-0.15, -0.1) is 0 Å². The molecule has 0 bridgehead atoms. The fraction of sp³-hybridized carbons (Fsp3) is 0.0870. The van der Waals surface area contributed by atoms with Gasteiger partial charge in [0, 0.05) is 22.0 Å². The summed E-state index contributed by atoms with van der Waals surface area (Å²) < 4.78 is 5.40. The highest BCUT2D eigenvalue weighted by molar-refractivity contribution is 5.93. The van der Waals surface area contributed by atoms with Gasteiger partial charge in [-0.2, -0.15) is 5.10 Å². The molecular formula is C23H19N5O2. The first kappa shape index (κ1) is 18.1. The van der Waals surface area contributed by atoms with Crippen LogP contribution in [-0.4, -0.2) is 31.6 Å². The Bertz CT molecular complexity index is 1350. The maximum Gasteiger partial charge on any atom is 0.194 e. The molecular weight excluding hydrogens is 378 g/mol. The lowest BCUT2D eigenvalue weighted by Gasteiger charge is -2.13. The smallest absolute Gasteiger partial charge is 0.194 e. The summed E-state index contributed by atoms with van der Waals surface area (Å²) >= 11 is 0. The van der Waals surface area contributed by atoms with Gasteiger partial charge in [-0.3, -0.25) is 5.10 Å². The molecule has 1 atom stereocenters. The van der Waals surface area contributed by atoms with Crippen LogP contribution in [0.2, 0.25) is 0 Å². The predicted octanol–water partition coefficient (Wildman–Crippen LogP) is 4.63. The molecule has 1 unspecified atom stereocenters. The molecule has 0 saturated carbocycles. The third kappa shape index (κ3) is 3.54. The summed E-state index contributed by atoms with van der Waals surface area (Å²) in [5, 5.41) is 21.9. The third-order valence-electron chi connectivity index (χ3n) is 4.71. The molecule has 2 aromatic heterocycles. The van der Waals surface area contributed by atoms with Crippen LogP contribution in [0.25, 0.3) is 33.2 Å². The van der Waals surface area contributed by atoms with E-state index in [1.807, 2.05) is 60.7 Å². The zero-order valence-electron chi connectivity index (χ0n) is 16.2. The Balaban J connectivity index is 1.59. The average Bonchev–Trinajstić information content (AvgIpc) is 3.21. The Kier molecular flexibility index (Phi) is 4.49. The maximum absolute atomic E-state index is 9.51. The number of hydrogen-bond donors (Lipinski definition) is 3. The number of aromatic amines is 1. The van der Waals surface area contributed by atoms with Gasteiger partial charge in [0.05, 0.1) is 17.2 Å². The topological polar surface area (TPSA) is 96.0 Å². The van der Waals surface area contributed by atoms with Crippen LogP contribution in [0.15, 0.2) is 72.9 Å². The number of hydrogen-bond acceptors (Lipinski definition) is 6. The van der Waals surface area contributed by atoms with Crippen molar-refractivity contribution < 1.29 is 9.84 Å². The van der Waals surface area contributed by atoms with E-state index in [1.54, 1.807) is 19.2 Å². The van der Waals surface area contributed by atoms with Crippen molar-refractivity contribution in [2.24, 2.45) is 0 Å². The van der Waals surface area contributed by atoms with Crippen LogP contribution >= 0.6 is 0 Å². The molecule has 0 aliphatic heterocycles. The summed E-state index contributed by atoms with van der Waals surface area (Å²) in [6, 6.07) is 21.2. The Morgan fingerprint density at radius 2 is 1.90 bits per heavy atom. The second-order valence-corrected chi connectivity index (χ2v) is 6.95. The third-order valence-corrected chi connectivity index (χ3v) is 4.71. The number of H-pyrrole nitrogens is 1. The van der Waals surface area contributed by atoms with Crippen LogP contribution in [-0.2, 0) is 0 Å². The molecule has 0 aliphatic carbocycles. The van der Waals surface area contributed by atoms with Crippen LogP contribution in [0.4, 0.5) is 11.5 Å². The second-order valence-electron chi connectivity index (χ2n) is 6.95. The van der Waals surface area contributed by atoms with E-state index in [1.165, 1.54) is 0 Å². The van der Waals surface area contributed by atoms with Crippen molar-refractivity contribution in [3.63, 3.8) is 0 Å². The number of nitrogens with zero attached hydrogens (tertiary/aromatic N) is 3. The lowest BCUT2D eigenvalue weighted by Crippen LogP contribution is -2.09. The molecule has 0 spiro atoms. The molecule has 148 valence electrons. The van der Waals surface area contributed by atoms with E-state index in [0.717, 1.165) is 33.1 Å². The molecule has 5 aromatic rings. The van der Waals surface area contributed by atoms with Gasteiger partial charge >= 0.3 is 0 Å². The van der Waals surface area contributed by atoms with Crippen molar-refractivity contribution >= 4 is 33.3 Å². The van der Waals surface area contributed by atoms with Gasteiger partial charge in [-0.25, -0.2) is 9.97 Å². The number of nitrogens with one attached hydrogen (secondary N) is 2. The Hall–Kier alpha value is -3.97. The van der Waals surface area contributed by atoms with E-state index in [4.69, 9.17) is 14.7 Å². The van der Waals surface area contributed by atoms with Crippen LogP contribution in [0.5, 0.6) is 5.75 Å². The summed E-state index contributed by atoms with van der Waals surface area (Å²) in [6.45, 7) is 1.57. The molecule has 0 fully saturated rings. The van der Waals surface area contributed by atoms with E-state index in [0.29, 0.717) is 17.4 Å². The highest BCUT2D eigenvalue weighted by Crippen LogP contribution is 2.29. The fourth-order valence-electron chi connectivity index (χ4n) is 3.36. The number of rotatable bonds is 5. The van der Waals surface area contributed by atoms with Crippen molar-refractivity contribution in [3.8, 4) is 17.1 Å². The second kappa shape index (κ2) is 7.46. The summed E-state index contributed by atoms with van der Waals surface area (Å²) in [7, 11) is 0. The van der Waals surface area contributed by atoms with Crippen molar-refractivity contribution in [1.29, 1.82) is 0 Å². The Morgan fingerprint density at radius 1 is 1.00 bits per heavy atom. The van der Waals surface area contributed by atoms with E-state index < -0.39 is 6.29 Å². The van der Waals surface area contributed by atoms with E-state index >= 15 is 0 Å². The molecule has 0 amide bonds. The number of fused-ring (bicyclic) bond motifs is 2. The normalized spacial score (nSPS) is 12.2. The van der Waals surface area contributed by atoms with Gasteiger partial charge in [0.15, 0.2) is 12.1 Å². The minimum absolute atomic E-state index is 0.555. The van der Waals surface area contributed by atoms with E-state index in [2.05, 4.69) is 15.5 Å². The first-order valence-electron chi connectivity index (χ1n) is 9.58. The maximum atomic E-state index is 9.51. The highest BCUT2D eigenvalue weighted by Gasteiger charge is 2.11.